The van der Waals surface area contributed by atoms with E-state index in [2.05, 4.69) is 4.98 Å². The summed E-state index contributed by atoms with van der Waals surface area (Å²) in [6, 6.07) is 2.90. The largest absolute Gasteiger partial charge is 0.405 e. The number of aromatic nitrogens is 1. The molecule has 17 heavy (non-hydrogen) atoms. The van der Waals surface area contributed by atoms with Crippen LogP contribution in [0.5, 0.6) is 0 Å². The molecule has 0 amide bonds. The molecule has 0 atom stereocenters. The SMILES string of the molecule is CCN(CC(F)(F)F)c1ccc(C(=N)N)nc1. The Morgan fingerprint density at radius 2 is 2.12 bits per heavy atom. The number of nitrogens with two attached hydrogens (primary N) is 1. The fourth-order valence-electron chi connectivity index (χ4n) is 1.33. The summed E-state index contributed by atoms with van der Waals surface area (Å²) in [4.78, 5) is 4.97. The molecule has 0 saturated heterocycles. The average Bonchev–Trinajstić information content (AvgIpc) is 2.25. The van der Waals surface area contributed by atoms with Gasteiger partial charge in [0.05, 0.1) is 11.9 Å². The summed E-state index contributed by atoms with van der Waals surface area (Å²) in [6.07, 6.45) is -2.97. The van der Waals surface area contributed by atoms with Gasteiger partial charge in [-0.05, 0) is 19.1 Å². The minimum Gasteiger partial charge on any atom is -0.382 e. The van der Waals surface area contributed by atoms with Gasteiger partial charge in [-0.2, -0.15) is 13.2 Å². The van der Waals surface area contributed by atoms with E-state index in [-0.39, 0.29) is 18.1 Å². The molecule has 0 unspecified atom stereocenters. The van der Waals surface area contributed by atoms with E-state index in [1.165, 1.54) is 18.3 Å². The van der Waals surface area contributed by atoms with Crippen LogP contribution in [0.3, 0.4) is 0 Å². The standard InChI is InChI=1S/C10H13F3N4/c1-2-17(6-10(11,12)13)7-3-4-8(9(14)15)16-5-7/h3-5H,2,6H2,1H3,(H3,14,15). The molecule has 1 rings (SSSR count). The molecule has 0 bridgehead atoms. The van der Waals surface area contributed by atoms with Crippen molar-refractivity contribution >= 4 is 11.5 Å². The fraction of sp³-hybridized carbons (Fsp3) is 0.400. The Morgan fingerprint density at radius 3 is 2.47 bits per heavy atom. The quantitative estimate of drug-likeness (QED) is 0.628. The Hall–Kier alpha value is -1.79. The van der Waals surface area contributed by atoms with E-state index in [4.69, 9.17) is 11.1 Å². The first-order chi connectivity index (χ1) is 7.83. The van der Waals surface area contributed by atoms with Crippen molar-refractivity contribution in [2.75, 3.05) is 18.0 Å². The second-order valence-corrected chi connectivity index (χ2v) is 3.44. The van der Waals surface area contributed by atoms with Gasteiger partial charge >= 0.3 is 6.18 Å². The number of nitrogen functional groups attached to an aromatic ring is 1. The van der Waals surface area contributed by atoms with Gasteiger partial charge in [0.2, 0.25) is 0 Å². The highest BCUT2D eigenvalue weighted by atomic mass is 19.4. The Bertz CT molecular complexity index is 386. The van der Waals surface area contributed by atoms with Crippen LogP contribution in [-0.4, -0.2) is 30.1 Å². The van der Waals surface area contributed by atoms with Crippen molar-refractivity contribution in [3.8, 4) is 0 Å². The molecule has 3 N–H and O–H groups in total. The smallest absolute Gasteiger partial charge is 0.382 e. The van der Waals surface area contributed by atoms with Crippen molar-refractivity contribution in [3.05, 3.63) is 24.0 Å². The maximum Gasteiger partial charge on any atom is 0.405 e. The number of alkyl halides is 3. The zero-order valence-corrected chi connectivity index (χ0v) is 9.25. The molecule has 1 aromatic rings. The van der Waals surface area contributed by atoms with Crippen LogP contribution in [0.1, 0.15) is 12.6 Å². The molecule has 0 saturated carbocycles. The highest BCUT2D eigenvalue weighted by molar-refractivity contribution is 5.93. The molecule has 0 aromatic carbocycles. The van der Waals surface area contributed by atoms with E-state index in [0.717, 1.165) is 4.90 Å². The van der Waals surface area contributed by atoms with Gasteiger partial charge < -0.3 is 10.6 Å². The molecule has 0 aliphatic rings. The topological polar surface area (TPSA) is 66.0 Å². The van der Waals surface area contributed by atoms with E-state index in [1.54, 1.807) is 6.92 Å². The Morgan fingerprint density at radius 1 is 1.47 bits per heavy atom. The second kappa shape index (κ2) is 5.03. The molecule has 7 heteroatoms. The van der Waals surface area contributed by atoms with Crippen LogP contribution < -0.4 is 10.6 Å². The van der Waals surface area contributed by atoms with Gasteiger partial charge in [0.25, 0.3) is 0 Å². The Labute approximate surface area is 96.8 Å². The van der Waals surface area contributed by atoms with Gasteiger partial charge in [-0.3, -0.25) is 10.4 Å². The summed E-state index contributed by atoms with van der Waals surface area (Å²) in [6.45, 7) is 0.829. The first-order valence-corrected chi connectivity index (χ1v) is 4.95. The van der Waals surface area contributed by atoms with Crippen molar-refractivity contribution in [1.82, 2.24) is 4.98 Å². The number of amidine groups is 1. The van der Waals surface area contributed by atoms with Crippen molar-refractivity contribution in [1.29, 1.82) is 5.41 Å². The van der Waals surface area contributed by atoms with Crippen LogP contribution in [0, 0.1) is 5.41 Å². The van der Waals surface area contributed by atoms with Crippen LogP contribution in [0.4, 0.5) is 18.9 Å². The summed E-state index contributed by atoms with van der Waals surface area (Å²) in [5.74, 6) is -0.213. The summed E-state index contributed by atoms with van der Waals surface area (Å²) in [5.41, 5.74) is 5.80. The lowest BCUT2D eigenvalue weighted by Gasteiger charge is -2.24. The molecule has 1 aromatic heterocycles. The van der Waals surface area contributed by atoms with Gasteiger partial charge in [0.1, 0.15) is 18.1 Å². The lowest BCUT2D eigenvalue weighted by molar-refractivity contribution is -0.119. The van der Waals surface area contributed by atoms with E-state index >= 15 is 0 Å². The lowest BCUT2D eigenvalue weighted by Crippen LogP contribution is -2.34. The lowest BCUT2D eigenvalue weighted by atomic mass is 10.3. The van der Waals surface area contributed by atoms with Crippen molar-refractivity contribution in [2.24, 2.45) is 5.73 Å². The van der Waals surface area contributed by atoms with Crippen molar-refractivity contribution in [3.63, 3.8) is 0 Å². The van der Waals surface area contributed by atoms with Crippen LogP contribution in [0.15, 0.2) is 18.3 Å². The highest BCUT2D eigenvalue weighted by Gasteiger charge is 2.30. The summed E-state index contributed by atoms with van der Waals surface area (Å²) in [5, 5.41) is 7.12. The van der Waals surface area contributed by atoms with Gasteiger partial charge in [0.15, 0.2) is 0 Å². The van der Waals surface area contributed by atoms with Crippen LogP contribution >= 0.6 is 0 Å². The third-order valence-electron chi connectivity index (χ3n) is 2.14. The first-order valence-electron chi connectivity index (χ1n) is 4.95. The zero-order chi connectivity index (χ0) is 13.1. The van der Waals surface area contributed by atoms with Crippen LogP contribution in [0.2, 0.25) is 0 Å². The number of rotatable bonds is 4. The molecular weight excluding hydrogens is 233 g/mol. The third kappa shape index (κ3) is 3.93. The molecule has 0 fully saturated rings. The molecule has 94 valence electrons. The highest BCUT2D eigenvalue weighted by Crippen LogP contribution is 2.21. The normalized spacial score (nSPS) is 11.3. The first kappa shape index (κ1) is 13.3. The third-order valence-corrected chi connectivity index (χ3v) is 2.14. The van der Waals surface area contributed by atoms with Crippen LogP contribution in [-0.2, 0) is 0 Å². The molecule has 0 aliphatic heterocycles. The molecule has 4 nitrogen and oxygen atoms in total. The predicted octanol–water partition coefficient (Wildman–Crippen LogP) is 1.75. The molecular formula is C10H13F3N4. The molecule has 0 radical (unpaired) electrons. The maximum absolute atomic E-state index is 12.3. The van der Waals surface area contributed by atoms with E-state index in [0.29, 0.717) is 5.69 Å². The van der Waals surface area contributed by atoms with Gasteiger partial charge in [-0.15, -0.1) is 0 Å². The maximum atomic E-state index is 12.3. The predicted molar refractivity (Wildman–Crippen MR) is 59.2 cm³/mol. The van der Waals surface area contributed by atoms with E-state index in [9.17, 15) is 13.2 Å². The van der Waals surface area contributed by atoms with Gasteiger partial charge in [-0.1, -0.05) is 0 Å². The van der Waals surface area contributed by atoms with Crippen LogP contribution in [0.25, 0.3) is 0 Å². The minimum absolute atomic E-state index is 0.213. The summed E-state index contributed by atoms with van der Waals surface area (Å²) in [7, 11) is 0. The number of pyridine rings is 1. The van der Waals surface area contributed by atoms with E-state index < -0.39 is 12.7 Å². The Balaban J connectivity index is 2.86. The minimum atomic E-state index is -4.25. The van der Waals surface area contributed by atoms with Crippen molar-refractivity contribution < 1.29 is 13.2 Å². The zero-order valence-electron chi connectivity index (χ0n) is 9.25. The number of hydrogen-bond donors (Lipinski definition) is 2. The fourth-order valence-corrected chi connectivity index (χ4v) is 1.33. The monoisotopic (exact) mass is 246 g/mol. The summed E-state index contributed by atoms with van der Waals surface area (Å²) >= 11 is 0. The molecule has 1 heterocycles. The number of hydrogen-bond acceptors (Lipinski definition) is 3. The summed E-state index contributed by atoms with van der Waals surface area (Å²) < 4.78 is 36.8. The Kier molecular flexibility index (Phi) is 3.93. The molecule has 0 spiro atoms. The second-order valence-electron chi connectivity index (χ2n) is 3.44. The number of nitrogens with one attached hydrogen (secondary N) is 1. The van der Waals surface area contributed by atoms with Gasteiger partial charge in [0, 0.05) is 6.54 Å². The van der Waals surface area contributed by atoms with Gasteiger partial charge in [-0.25, -0.2) is 0 Å². The van der Waals surface area contributed by atoms with E-state index in [1.807, 2.05) is 0 Å². The molecule has 0 aliphatic carbocycles. The number of halogens is 3. The number of nitrogens with zero attached hydrogens (tertiary/aromatic N) is 2. The average molecular weight is 246 g/mol. The van der Waals surface area contributed by atoms with Crippen molar-refractivity contribution in [2.45, 2.75) is 13.1 Å². The number of anilines is 1.